The van der Waals surface area contributed by atoms with Crippen molar-refractivity contribution in [1.29, 1.82) is 0 Å². The fourth-order valence-electron chi connectivity index (χ4n) is 1.99. The molecule has 3 nitrogen and oxygen atoms in total. The average Bonchev–Trinajstić information content (AvgIpc) is 2.60. The fraction of sp³-hybridized carbons (Fsp3) is 0.308. The summed E-state index contributed by atoms with van der Waals surface area (Å²) in [4.78, 5) is 12.3. The Bertz CT molecular complexity index is 624. The van der Waals surface area contributed by atoms with Crippen molar-refractivity contribution in [1.82, 2.24) is 9.13 Å². The number of halogens is 1. The maximum atomic E-state index is 12.3. The highest BCUT2D eigenvalue weighted by atomic mass is 35.5. The Morgan fingerprint density at radius 2 is 2.00 bits per heavy atom. The van der Waals surface area contributed by atoms with E-state index in [1.165, 1.54) is 0 Å². The molecule has 0 spiro atoms. The van der Waals surface area contributed by atoms with Crippen LogP contribution in [0.25, 0.3) is 16.7 Å². The Balaban J connectivity index is 2.89. The van der Waals surface area contributed by atoms with Crippen LogP contribution in [0.4, 0.5) is 0 Å². The van der Waals surface area contributed by atoms with E-state index >= 15 is 0 Å². The summed E-state index contributed by atoms with van der Waals surface area (Å²) in [6.45, 7) is 7.61. The lowest BCUT2D eigenvalue weighted by atomic mass is 10.3. The molecule has 2 aromatic rings. The molecule has 1 atom stereocenters. The van der Waals surface area contributed by atoms with Gasteiger partial charge in [-0.05, 0) is 25.5 Å². The Hall–Kier alpha value is -1.48. The van der Waals surface area contributed by atoms with Gasteiger partial charge in [0.05, 0.1) is 11.0 Å². The molecule has 0 N–H and O–H groups in total. The highest BCUT2D eigenvalue weighted by molar-refractivity contribution is 6.19. The number of fused-ring (bicyclic) bond motifs is 1. The van der Waals surface area contributed by atoms with E-state index < -0.39 is 0 Å². The van der Waals surface area contributed by atoms with E-state index in [9.17, 15) is 4.79 Å². The van der Waals surface area contributed by atoms with Crippen molar-refractivity contribution in [3.05, 3.63) is 41.3 Å². The summed E-state index contributed by atoms with van der Waals surface area (Å²) in [5, 5.41) is 0. The number of rotatable bonds is 3. The molecule has 0 saturated heterocycles. The third-order valence-corrected chi connectivity index (χ3v) is 3.28. The van der Waals surface area contributed by atoms with Crippen LogP contribution < -0.4 is 5.69 Å². The molecule has 0 saturated carbocycles. The minimum atomic E-state index is -0.326. The Morgan fingerprint density at radius 1 is 1.41 bits per heavy atom. The zero-order chi connectivity index (χ0) is 12.6. The lowest BCUT2D eigenvalue weighted by Crippen LogP contribution is -2.24. The molecule has 1 heterocycles. The van der Waals surface area contributed by atoms with Crippen LogP contribution in [0.3, 0.4) is 0 Å². The summed E-state index contributed by atoms with van der Waals surface area (Å²) >= 11 is 6.21. The van der Waals surface area contributed by atoms with Gasteiger partial charge in [-0.2, -0.15) is 0 Å². The van der Waals surface area contributed by atoms with Gasteiger partial charge in [0.15, 0.2) is 0 Å². The molecule has 4 heteroatoms. The first-order valence-electron chi connectivity index (χ1n) is 5.59. The van der Waals surface area contributed by atoms with Gasteiger partial charge in [0, 0.05) is 5.70 Å². The first-order valence-corrected chi connectivity index (χ1v) is 6.03. The SMILES string of the molecule is C=C(C)n1c(=O)n(C(Cl)CC)c2ccccc21. The smallest absolute Gasteiger partial charge is 0.275 e. The topological polar surface area (TPSA) is 26.9 Å². The van der Waals surface area contributed by atoms with Crippen LogP contribution in [0, 0.1) is 0 Å². The summed E-state index contributed by atoms with van der Waals surface area (Å²) in [5.74, 6) is 0. The lowest BCUT2D eigenvalue weighted by Gasteiger charge is -2.07. The normalized spacial score (nSPS) is 12.9. The number of alkyl halides is 1. The second-order valence-electron chi connectivity index (χ2n) is 4.05. The Labute approximate surface area is 105 Å². The molecule has 0 aliphatic rings. The molecule has 1 aromatic heterocycles. The molecule has 0 aliphatic carbocycles. The zero-order valence-electron chi connectivity index (χ0n) is 9.98. The van der Waals surface area contributed by atoms with E-state index in [1.807, 2.05) is 38.1 Å². The van der Waals surface area contributed by atoms with Crippen LogP contribution in [-0.4, -0.2) is 9.13 Å². The maximum Gasteiger partial charge on any atom is 0.334 e. The number of hydrogen-bond acceptors (Lipinski definition) is 1. The quantitative estimate of drug-likeness (QED) is 0.767. The molecule has 1 aromatic carbocycles. The lowest BCUT2D eigenvalue weighted by molar-refractivity contribution is 0.635. The van der Waals surface area contributed by atoms with Crippen molar-refractivity contribution in [3.8, 4) is 0 Å². The first kappa shape index (κ1) is 12.0. The number of imidazole rings is 1. The van der Waals surface area contributed by atoms with Crippen LogP contribution in [0.15, 0.2) is 35.6 Å². The van der Waals surface area contributed by atoms with Gasteiger partial charge in [-0.25, -0.2) is 4.79 Å². The maximum absolute atomic E-state index is 12.3. The van der Waals surface area contributed by atoms with Crippen LogP contribution in [0.2, 0.25) is 0 Å². The van der Waals surface area contributed by atoms with Crippen molar-refractivity contribution in [2.75, 3.05) is 0 Å². The van der Waals surface area contributed by atoms with Gasteiger partial charge in [-0.15, -0.1) is 0 Å². The predicted molar refractivity (Wildman–Crippen MR) is 72.4 cm³/mol. The highest BCUT2D eigenvalue weighted by Crippen LogP contribution is 2.23. The second kappa shape index (κ2) is 4.41. The van der Waals surface area contributed by atoms with Crippen molar-refractivity contribution in [2.45, 2.75) is 25.8 Å². The molecule has 17 heavy (non-hydrogen) atoms. The van der Waals surface area contributed by atoms with Gasteiger partial charge in [0.1, 0.15) is 5.50 Å². The molecule has 0 fully saturated rings. The van der Waals surface area contributed by atoms with Crippen molar-refractivity contribution in [3.63, 3.8) is 0 Å². The molecular formula is C13H15ClN2O. The summed E-state index contributed by atoms with van der Waals surface area (Å²) in [7, 11) is 0. The van der Waals surface area contributed by atoms with Crippen molar-refractivity contribution >= 4 is 28.3 Å². The average molecular weight is 251 g/mol. The van der Waals surface area contributed by atoms with Gasteiger partial charge >= 0.3 is 5.69 Å². The molecule has 0 amide bonds. The number of allylic oxidation sites excluding steroid dienone is 1. The summed E-state index contributed by atoms with van der Waals surface area (Å²) < 4.78 is 3.21. The van der Waals surface area contributed by atoms with Gasteiger partial charge in [-0.1, -0.05) is 37.2 Å². The van der Waals surface area contributed by atoms with E-state index in [0.717, 1.165) is 11.0 Å². The van der Waals surface area contributed by atoms with Gasteiger partial charge in [-0.3, -0.25) is 9.13 Å². The monoisotopic (exact) mass is 250 g/mol. The van der Waals surface area contributed by atoms with Crippen LogP contribution in [0.1, 0.15) is 25.8 Å². The molecule has 0 radical (unpaired) electrons. The van der Waals surface area contributed by atoms with Gasteiger partial charge in [0.25, 0.3) is 0 Å². The number of nitrogens with zero attached hydrogens (tertiary/aromatic N) is 2. The summed E-state index contributed by atoms with van der Waals surface area (Å²) in [6, 6.07) is 7.61. The molecule has 1 unspecified atom stereocenters. The van der Waals surface area contributed by atoms with Crippen LogP contribution in [0.5, 0.6) is 0 Å². The Kier molecular flexibility index (Phi) is 3.11. The number of para-hydroxylation sites is 2. The molecule has 0 aliphatic heterocycles. The molecule has 2 rings (SSSR count). The van der Waals surface area contributed by atoms with Crippen molar-refractivity contribution < 1.29 is 0 Å². The van der Waals surface area contributed by atoms with E-state index in [4.69, 9.17) is 11.6 Å². The molecule has 0 bridgehead atoms. The minimum absolute atomic E-state index is 0.124. The summed E-state index contributed by atoms with van der Waals surface area (Å²) in [6.07, 6.45) is 0.700. The largest absolute Gasteiger partial charge is 0.334 e. The zero-order valence-corrected chi connectivity index (χ0v) is 10.7. The number of hydrogen-bond donors (Lipinski definition) is 0. The standard InChI is InChI=1S/C13H15ClN2O/c1-4-12(14)16-11-8-6-5-7-10(11)15(9(2)3)13(16)17/h5-8,12H,2,4H2,1,3H3. The minimum Gasteiger partial charge on any atom is -0.275 e. The predicted octanol–water partition coefficient (Wildman–Crippen LogP) is 3.44. The van der Waals surface area contributed by atoms with E-state index in [2.05, 4.69) is 6.58 Å². The van der Waals surface area contributed by atoms with E-state index in [-0.39, 0.29) is 11.2 Å². The van der Waals surface area contributed by atoms with Crippen LogP contribution in [-0.2, 0) is 0 Å². The third-order valence-electron chi connectivity index (χ3n) is 2.78. The second-order valence-corrected chi connectivity index (χ2v) is 4.56. The Morgan fingerprint density at radius 3 is 2.53 bits per heavy atom. The van der Waals surface area contributed by atoms with Gasteiger partial charge in [0.2, 0.25) is 0 Å². The van der Waals surface area contributed by atoms with E-state index in [1.54, 1.807) is 9.13 Å². The molecule has 90 valence electrons. The van der Waals surface area contributed by atoms with Crippen LogP contribution >= 0.6 is 11.6 Å². The van der Waals surface area contributed by atoms with Crippen molar-refractivity contribution in [2.24, 2.45) is 0 Å². The first-order chi connectivity index (χ1) is 8.07. The summed E-state index contributed by atoms with van der Waals surface area (Å²) in [5.41, 5.74) is 1.95. The van der Waals surface area contributed by atoms with E-state index in [0.29, 0.717) is 12.1 Å². The molecular weight excluding hydrogens is 236 g/mol. The highest BCUT2D eigenvalue weighted by Gasteiger charge is 2.17. The number of aromatic nitrogens is 2. The number of benzene rings is 1. The third kappa shape index (κ3) is 1.80. The fourth-order valence-corrected chi connectivity index (χ4v) is 2.18. The van der Waals surface area contributed by atoms with Gasteiger partial charge < -0.3 is 0 Å².